The van der Waals surface area contributed by atoms with Crippen molar-refractivity contribution in [3.63, 3.8) is 0 Å². The van der Waals surface area contributed by atoms with E-state index in [1.165, 1.54) is 11.1 Å². The molecule has 0 aliphatic heterocycles. The van der Waals surface area contributed by atoms with Crippen molar-refractivity contribution < 1.29 is 0 Å². The van der Waals surface area contributed by atoms with E-state index >= 15 is 0 Å². The molecule has 0 unspecified atom stereocenters. The lowest BCUT2D eigenvalue weighted by Gasteiger charge is -2.08. The van der Waals surface area contributed by atoms with Gasteiger partial charge in [0, 0.05) is 22.1 Å². The highest BCUT2D eigenvalue weighted by atomic mass is 79.9. The van der Waals surface area contributed by atoms with Crippen LogP contribution in [0.25, 0.3) is 0 Å². The number of aromatic nitrogens is 2. The SMILES string of the molecule is Cc1cnc(Nc2cc(C)c(Br)c(C)c2)[nH]1. The minimum Gasteiger partial charge on any atom is -0.328 e. The largest absolute Gasteiger partial charge is 0.328 e. The fourth-order valence-electron chi connectivity index (χ4n) is 1.63. The molecular weight excluding hydrogens is 266 g/mol. The summed E-state index contributed by atoms with van der Waals surface area (Å²) in [4.78, 5) is 7.36. The van der Waals surface area contributed by atoms with E-state index < -0.39 is 0 Å². The second-order valence-electron chi connectivity index (χ2n) is 3.96. The number of anilines is 2. The van der Waals surface area contributed by atoms with Crippen molar-refractivity contribution in [1.82, 2.24) is 9.97 Å². The van der Waals surface area contributed by atoms with Crippen LogP contribution in [0.5, 0.6) is 0 Å². The Hall–Kier alpha value is -1.29. The molecule has 1 aromatic heterocycles. The van der Waals surface area contributed by atoms with Crippen LogP contribution in [0.15, 0.2) is 22.8 Å². The molecule has 0 amide bonds. The van der Waals surface area contributed by atoms with Crippen LogP contribution in [0.4, 0.5) is 11.6 Å². The summed E-state index contributed by atoms with van der Waals surface area (Å²) in [5.41, 5.74) is 4.53. The molecule has 1 aromatic carbocycles. The Balaban J connectivity index is 2.28. The summed E-state index contributed by atoms with van der Waals surface area (Å²) in [6, 6.07) is 4.18. The summed E-state index contributed by atoms with van der Waals surface area (Å²) in [5.74, 6) is 0.777. The molecule has 0 radical (unpaired) electrons. The predicted molar refractivity (Wildman–Crippen MR) is 70.2 cm³/mol. The molecular formula is C12H14BrN3. The number of imidazole rings is 1. The van der Waals surface area contributed by atoms with E-state index in [0.29, 0.717) is 0 Å². The molecule has 2 N–H and O–H groups in total. The molecule has 0 fully saturated rings. The number of rotatable bonds is 2. The van der Waals surface area contributed by atoms with Crippen LogP contribution in [-0.2, 0) is 0 Å². The molecule has 0 aliphatic rings. The summed E-state index contributed by atoms with van der Waals surface area (Å²) in [6.07, 6.45) is 1.81. The summed E-state index contributed by atoms with van der Waals surface area (Å²) in [6.45, 7) is 6.14. The highest BCUT2D eigenvalue weighted by molar-refractivity contribution is 9.10. The zero-order valence-electron chi connectivity index (χ0n) is 9.56. The Morgan fingerprint density at radius 1 is 1.19 bits per heavy atom. The molecule has 2 rings (SSSR count). The summed E-state index contributed by atoms with van der Waals surface area (Å²) in [5, 5.41) is 3.25. The van der Waals surface area contributed by atoms with Crippen molar-refractivity contribution in [2.75, 3.05) is 5.32 Å². The summed E-state index contributed by atoms with van der Waals surface area (Å²) >= 11 is 3.55. The van der Waals surface area contributed by atoms with Crippen molar-refractivity contribution >= 4 is 27.6 Å². The van der Waals surface area contributed by atoms with E-state index in [0.717, 1.165) is 21.8 Å². The minimum atomic E-state index is 0.777. The van der Waals surface area contributed by atoms with Gasteiger partial charge in [0.1, 0.15) is 0 Å². The van der Waals surface area contributed by atoms with E-state index in [2.05, 4.69) is 57.2 Å². The van der Waals surface area contributed by atoms with Crippen LogP contribution >= 0.6 is 15.9 Å². The highest BCUT2D eigenvalue weighted by Gasteiger charge is 2.03. The predicted octanol–water partition coefficient (Wildman–Crippen LogP) is 3.84. The molecule has 0 saturated carbocycles. The Labute approximate surface area is 103 Å². The monoisotopic (exact) mass is 279 g/mol. The van der Waals surface area contributed by atoms with Crippen LogP contribution in [0.3, 0.4) is 0 Å². The first-order chi connectivity index (χ1) is 7.56. The number of hydrogen-bond donors (Lipinski definition) is 2. The standard InChI is InChI=1S/C12H14BrN3/c1-7-4-10(5-8(2)11(7)13)16-12-14-6-9(3)15-12/h4-6H,1-3H3,(H2,14,15,16). The average molecular weight is 280 g/mol. The zero-order chi connectivity index (χ0) is 11.7. The highest BCUT2D eigenvalue weighted by Crippen LogP contribution is 2.26. The maximum Gasteiger partial charge on any atom is 0.204 e. The summed E-state index contributed by atoms with van der Waals surface area (Å²) in [7, 11) is 0. The fraction of sp³-hybridized carbons (Fsp3) is 0.250. The Morgan fingerprint density at radius 3 is 2.31 bits per heavy atom. The molecule has 2 aromatic rings. The van der Waals surface area contributed by atoms with E-state index in [4.69, 9.17) is 0 Å². The third-order valence-corrected chi connectivity index (χ3v) is 3.65. The van der Waals surface area contributed by atoms with Gasteiger partial charge in [-0.05, 0) is 44.0 Å². The number of benzene rings is 1. The second-order valence-corrected chi connectivity index (χ2v) is 4.76. The quantitative estimate of drug-likeness (QED) is 0.877. The molecule has 0 spiro atoms. The molecule has 84 valence electrons. The van der Waals surface area contributed by atoms with E-state index in [1.54, 1.807) is 6.20 Å². The first kappa shape index (κ1) is 11.2. The number of H-pyrrole nitrogens is 1. The smallest absolute Gasteiger partial charge is 0.204 e. The van der Waals surface area contributed by atoms with Gasteiger partial charge >= 0.3 is 0 Å². The van der Waals surface area contributed by atoms with Gasteiger partial charge in [-0.3, -0.25) is 0 Å². The molecule has 0 aliphatic carbocycles. The summed E-state index contributed by atoms with van der Waals surface area (Å²) < 4.78 is 1.16. The lowest BCUT2D eigenvalue weighted by Crippen LogP contribution is -1.94. The molecule has 0 saturated heterocycles. The first-order valence-electron chi connectivity index (χ1n) is 5.11. The van der Waals surface area contributed by atoms with Crippen molar-refractivity contribution in [3.8, 4) is 0 Å². The third-order valence-electron chi connectivity index (χ3n) is 2.40. The number of aryl methyl sites for hydroxylation is 3. The van der Waals surface area contributed by atoms with Crippen molar-refractivity contribution in [2.24, 2.45) is 0 Å². The van der Waals surface area contributed by atoms with Gasteiger partial charge in [0.15, 0.2) is 0 Å². The molecule has 16 heavy (non-hydrogen) atoms. The van der Waals surface area contributed by atoms with Crippen molar-refractivity contribution in [1.29, 1.82) is 0 Å². The Morgan fingerprint density at radius 2 is 1.81 bits per heavy atom. The van der Waals surface area contributed by atoms with E-state index in [1.807, 2.05) is 6.92 Å². The lowest BCUT2D eigenvalue weighted by atomic mass is 10.1. The molecule has 4 heteroatoms. The van der Waals surface area contributed by atoms with Gasteiger partial charge < -0.3 is 10.3 Å². The van der Waals surface area contributed by atoms with Gasteiger partial charge in [0.2, 0.25) is 5.95 Å². The number of hydrogen-bond acceptors (Lipinski definition) is 2. The van der Waals surface area contributed by atoms with Gasteiger partial charge in [-0.2, -0.15) is 0 Å². The van der Waals surface area contributed by atoms with Crippen molar-refractivity contribution in [3.05, 3.63) is 39.6 Å². The van der Waals surface area contributed by atoms with Crippen LogP contribution in [0, 0.1) is 20.8 Å². The maximum absolute atomic E-state index is 4.21. The van der Waals surface area contributed by atoms with Crippen LogP contribution in [-0.4, -0.2) is 9.97 Å². The zero-order valence-corrected chi connectivity index (χ0v) is 11.1. The van der Waals surface area contributed by atoms with E-state index in [9.17, 15) is 0 Å². The number of halogens is 1. The maximum atomic E-state index is 4.21. The fourth-order valence-corrected chi connectivity index (χ4v) is 1.86. The minimum absolute atomic E-state index is 0.777. The Bertz CT molecular complexity index is 494. The average Bonchev–Trinajstić information content (AvgIpc) is 2.60. The Kier molecular flexibility index (Phi) is 3.01. The lowest BCUT2D eigenvalue weighted by molar-refractivity contribution is 1.24. The second kappa shape index (κ2) is 4.29. The van der Waals surface area contributed by atoms with Crippen LogP contribution in [0.2, 0.25) is 0 Å². The normalized spacial score (nSPS) is 10.5. The van der Waals surface area contributed by atoms with Crippen molar-refractivity contribution in [2.45, 2.75) is 20.8 Å². The van der Waals surface area contributed by atoms with Crippen LogP contribution in [0.1, 0.15) is 16.8 Å². The van der Waals surface area contributed by atoms with Gasteiger partial charge in [-0.1, -0.05) is 15.9 Å². The number of nitrogens with one attached hydrogen (secondary N) is 2. The van der Waals surface area contributed by atoms with Gasteiger partial charge in [0.05, 0.1) is 0 Å². The third kappa shape index (κ3) is 2.27. The van der Waals surface area contributed by atoms with Gasteiger partial charge in [0.25, 0.3) is 0 Å². The topological polar surface area (TPSA) is 40.7 Å². The van der Waals surface area contributed by atoms with Gasteiger partial charge in [-0.25, -0.2) is 4.98 Å². The van der Waals surface area contributed by atoms with E-state index in [-0.39, 0.29) is 0 Å². The molecule has 3 nitrogen and oxygen atoms in total. The first-order valence-corrected chi connectivity index (χ1v) is 5.91. The number of nitrogens with zero attached hydrogens (tertiary/aromatic N) is 1. The van der Waals surface area contributed by atoms with Gasteiger partial charge in [-0.15, -0.1) is 0 Å². The van der Waals surface area contributed by atoms with Crippen LogP contribution < -0.4 is 5.32 Å². The number of aromatic amines is 1. The molecule has 0 atom stereocenters. The molecule has 0 bridgehead atoms. The molecule has 1 heterocycles.